The summed E-state index contributed by atoms with van der Waals surface area (Å²) >= 11 is 5.04. The van der Waals surface area contributed by atoms with Crippen LogP contribution in [0.4, 0.5) is 0 Å². The van der Waals surface area contributed by atoms with Gasteiger partial charge in [-0.3, -0.25) is 0 Å². The van der Waals surface area contributed by atoms with Crippen molar-refractivity contribution in [2.45, 2.75) is 11.8 Å². The van der Waals surface area contributed by atoms with Crippen LogP contribution in [0.5, 0.6) is 0 Å². The number of aryl methyl sites for hydroxylation is 1. The molecule has 0 bridgehead atoms. The van der Waals surface area contributed by atoms with Gasteiger partial charge in [-0.2, -0.15) is 0 Å². The number of halogens is 1. The quantitative estimate of drug-likeness (QED) is 0.743. The van der Waals surface area contributed by atoms with Crippen molar-refractivity contribution in [2.24, 2.45) is 0 Å². The minimum Gasteiger partial charge on any atom is -0.206 e. The lowest BCUT2D eigenvalue weighted by molar-refractivity contribution is 0.594. The van der Waals surface area contributed by atoms with Crippen LogP contribution < -0.4 is 4.24 Å². The summed E-state index contributed by atoms with van der Waals surface area (Å²) in [5, 5.41) is 0. The Balaban J connectivity index is 3.21. The average molecular weight is 206 g/mol. The van der Waals surface area contributed by atoms with E-state index in [0.29, 0.717) is 0 Å². The van der Waals surface area contributed by atoms with Crippen LogP contribution in [0.2, 0.25) is 0 Å². The first-order valence-electron chi connectivity index (χ1n) is 3.25. The van der Waals surface area contributed by atoms with Crippen molar-refractivity contribution in [1.82, 2.24) is 4.24 Å². The van der Waals surface area contributed by atoms with Crippen molar-refractivity contribution in [3.8, 4) is 0 Å². The molecule has 1 aromatic carbocycles. The van der Waals surface area contributed by atoms with Gasteiger partial charge in [0.15, 0.2) is 0 Å². The highest BCUT2D eigenvalue weighted by atomic mass is 35.5. The molecule has 12 heavy (non-hydrogen) atoms. The van der Waals surface area contributed by atoms with E-state index in [1.54, 1.807) is 16.4 Å². The molecule has 0 saturated carbocycles. The van der Waals surface area contributed by atoms with Crippen LogP contribution in [0, 0.1) is 6.92 Å². The number of hydrogen-bond acceptors (Lipinski definition) is 2. The minimum absolute atomic E-state index is 0.178. The van der Waals surface area contributed by atoms with E-state index in [0.717, 1.165) is 5.56 Å². The van der Waals surface area contributed by atoms with E-state index in [9.17, 15) is 8.42 Å². The van der Waals surface area contributed by atoms with Gasteiger partial charge in [0.1, 0.15) is 0 Å². The molecule has 0 atom stereocenters. The number of benzene rings is 1. The maximum atomic E-state index is 11.1. The fraction of sp³-hybridized carbons (Fsp3) is 0.143. The zero-order valence-corrected chi connectivity index (χ0v) is 7.98. The van der Waals surface area contributed by atoms with E-state index in [-0.39, 0.29) is 4.90 Å². The molecule has 66 valence electrons. The molecule has 0 unspecified atom stereocenters. The third-order valence-electron chi connectivity index (χ3n) is 1.40. The fourth-order valence-corrected chi connectivity index (χ4v) is 1.78. The van der Waals surface area contributed by atoms with Gasteiger partial charge in [-0.05, 0) is 36.4 Å². The lowest BCUT2D eigenvalue weighted by Gasteiger charge is -2.00. The first-order valence-corrected chi connectivity index (χ1v) is 5.11. The molecular formula is C7H8ClNO2S. The van der Waals surface area contributed by atoms with E-state index >= 15 is 0 Å². The van der Waals surface area contributed by atoms with Crippen molar-refractivity contribution in [3.05, 3.63) is 29.8 Å². The summed E-state index contributed by atoms with van der Waals surface area (Å²) in [4.78, 5) is 0.178. The van der Waals surface area contributed by atoms with E-state index in [1.165, 1.54) is 6.07 Å². The minimum atomic E-state index is -3.51. The van der Waals surface area contributed by atoms with Gasteiger partial charge in [0.05, 0.1) is 4.90 Å². The molecule has 0 spiro atoms. The zero-order valence-electron chi connectivity index (χ0n) is 6.41. The normalized spacial score (nSPS) is 11.5. The second-order valence-electron chi connectivity index (χ2n) is 2.40. The summed E-state index contributed by atoms with van der Waals surface area (Å²) in [5.74, 6) is 0. The molecule has 0 aliphatic heterocycles. The summed E-state index contributed by atoms with van der Waals surface area (Å²) in [6, 6.07) is 6.51. The van der Waals surface area contributed by atoms with Gasteiger partial charge in [-0.1, -0.05) is 12.1 Å². The smallest absolute Gasteiger partial charge is 0.206 e. The van der Waals surface area contributed by atoms with Crippen LogP contribution in [0.1, 0.15) is 5.56 Å². The maximum Gasteiger partial charge on any atom is 0.253 e. The lowest BCUT2D eigenvalue weighted by Crippen LogP contribution is -2.13. The molecule has 5 heteroatoms. The number of nitrogens with one attached hydrogen (secondary N) is 1. The Morgan fingerprint density at radius 2 is 2.08 bits per heavy atom. The predicted octanol–water partition coefficient (Wildman–Crippen LogP) is 1.43. The van der Waals surface area contributed by atoms with Crippen molar-refractivity contribution in [1.29, 1.82) is 0 Å². The maximum absolute atomic E-state index is 11.1. The molecule has 0 radical (unpaired) electrons. The van der Waals surface area contributed by atoms with Gasteiger partial charge in [0.25, 0.3) is 10.0 Å². The van der Waals surface area contributed by atoms with E-state index in [2.05, 4.69) is 0 Å². The molecule has 1 rings (SSSR count). The number of hydrogen-bond donors (Lipinski definition) is 1. The first-order chi connectivity index (χ1) is 5.56. The Morgan fingerprint density at radius 3 is 2.58 bits per heavy atom. The molecule has 1 N–H and O–H groups in total. The molecular weight excluding hydrogens is 198 g/mol. The SMILES string of the molecule is Cc1cccc(S(=O)(=O)NCl)c1. The molecule has 0 aliphatic carbocycles. The van der Waals surface area contributed by atoms with Crippen LogP contribution in [-0.2, 0) is 10.0 Å². The van der Waals surface area contributed by atoms with Crippen LogP contribution in [-0.4, -0.2) is 8.42 Å². The summed E-state index contributed by atoms with van der Waals surface area (Å²) in [5.41, 5.74) is 0.878. The summed E-state index contributed by atoms with van der Waals surface area (Å²) in [7, 11) is -3.51. The molecule has 0 amide bonds. The molecule has 0 heterocycles. The summed E-state index contributed by atoms with van der Waals surface area (Å²) in [6.07, 6.45) is 0. The van der Waals surface area contributed by atoms with Crippen molar-refractivity contribution in [3.63, 3.8) is 0 Å². The monoisotopic (exact) mass is 205 g/mol. The average Bonchev–Trinajstić information content (AvgIpc) is 2.05. The summed E-state index contributed by atoms with van der Waals surface area (Å²) < 4.78 is 23.9. The standard InChI is InChI=1S/C7H8ClNO2S/c1-6-3-2-4-7(5-6)12(10,11)9-8/h2-5,9H,1H3. The third kappa shape index (κ3) is 1.97. The van der Waals surface area contributed by atoms with Gasteiger partial charge in [0, 0.05) is 0 Å². The van der Waals surface area contributed by atoms with Crippen LogP contribution >= 0.6 is 11.8 Å². The molecule has 0 aliphatic rings. The number of rotatable bonds is 2. The first kappa shape index (κ1) is 9.51. The Bertz CT molecular complexity index is 375. The second kappa shape index (κ2) is 3.43. The third-order valence-corrected chi connectivity index (χ3v) is 3.09. The van der Waals surface area contributed by atoms with Gasteiger partial charge < -0.3 is 0 Å². The van der Waals surface area contributed by atoms with Gasteiger partial charge >= 0.3 is 0 Å². The fourth-order valence-electron chi connectivity index (χ4n) is 0.827. The second-order valence-corrected chi connectivity index (χ2v) is 4.49. The molecule has 3 nitrogen and oxygen atoms in total. The molecule has 0 saturated heterocycles. The predicted molar refractivity (Wildman–Crippen MR) is 47.4 cm³/mol. The Labute approximate surface area is 76.5 Å². The van der Waals surface area contributed by atoms with Crippen LogP contribution in [0.15, 0.2) is 29.2 Å². The van der Waals surface area contributed by atoms with Crippen molar-refractivity contribution in [2.75, 3.05) is 0 Å². The highest BCUT2D eigenvalue weighted by molar-refractivity contribution is 7.90. The Kier molecular flexibility index (Phi) is 2.72. The lowest BCUT2D eigenvalue weighted by atomic mass is 10.2. The van der Waals surface area contributed by atoms with Crippen molar-refractivity contribution >= 4 is 21.8 Å². The van der Waals surface area contributed by atoms with Gasteiger partial charge in [0.2, 0.25) is 0 Å². The van der Waals surface area contributed by atoms with E-state index in [4.69, 9.17) is 11.8 Å². The van der Waals surface area contributed by atoms with E-state index in [1.807, 2.05) is 13.0 Å². The van der Waals surface area contributed by atoms with Crippen molar-refractivity contribution < 1.29 is 8.42 Å². The van der Waals surface area contributed by atoms with Crippen LogP contribution in [0.3, 0.4) is 0 Å². The van der Waals surface area contributed by atoms with Crippen LogP contribution in [0.25, 0.3) is 0 Å². The van der Waals surface area contributed by atoms with E-state index < -0.39 is 10.0 Å². The molecule has 1 aromatic rings. The Hall–Kier alpha value is -0.580. The molecule has 0 aromatic heterocycles. The molecule has 0 fully saturated rings. The highest BCUT2D eigenvalue weighted by Gasteiger charge is 2.11. The number of sulfonamides is 1. The highest BCUT2D eigenvalue weighted by Crippen LogP contribution is 2.10. The zero-order chi connectivity index (χ0) is 9.19. The largest absolute Gasteiger partial charge is 0.253 e. The Morgan fingerprint density at radius 1 is 1.42 bits per heavy atom. The van der Waals surface area contributed by atoms with Gasteiger partial charge in [-0.15, -0.1) is 4.24 Å². The van der Waals surface area contributed by atoms with Gasteiger partial charge in [-0.25, -0.2) is 8.42 Å². The topological polar surface area (TPSA) is 46.2 Å². The summed E-state index contributed by atoms with van der Waals surface area (Å²) in [6.45, 7) is 1.81.